The van der Waals surface area contributed by atoms with E-state index in [0.717, 1.165) is 25.1 Å². The Morgan fingerprint density at radius 2 is 1.51 bits per heavy atom. The second-order valence-electron chi connectivity index (χ2n) is 11.1. The Hall–Kier alpha value is -2.54. The highest BCUT2D eigenvalue weighted by Gasteiger charge is 2.58. The van der Waals surface area contributed by atoms with E-state index in [1.54, 1.807) is 0 Å². The molecule has 2 heterocycles. The van der Waals surface area contributed by atoms with E-state index < -0.39 is 8.32 Å². The second kappa shape index (κ2) is 8.54. The molecule has 0 amide bonds. The van der Waals surface area contributed by atoms with Gasteiger partial charge in [-0.25, -0.2) is 15.0 Å². The SMILES string of the molecule is CC(C)(C)[Si](OCC1[C@H]2CC(n3cnc4c(Cl)ncnc43)C[C@@H]12)(c1ccccc1)c1ccccc1. The Morgan fingerprint density at radius 1 is 0.914 bits per heavy atom. The molecule has 4 aromatic rings. The maximum absolute atomic E-state index is 7.22. The normalized spacial score (nSPS) is 24.0. The molecule has 7 heteroatoms. The third-order valence-electron chi connectivity index (χ3n) is 8.21. The quantitative estimate of drug-likeness (QED) is 0.267. The first-order valence-electron chi connectivity index (χ1n) is 12.5. The summed E-state index contributed by atoms with van der Waals surface area (Å²) < 4.78 is 9.42. The lowest BCUT2D eigenvalue weighted by Gasteiger charge is -2.43. The lowest BCUT2D eigenvalue weighted by molar-refractivity contribution is 0.254. The summed E-state index contributed by atoms with van der Waals surface area (Å²) in [6.07, 6.45) is 5.70. The third kappa shape index (κ3) is 3.74. The summed E-state index contributed by atoms with van der Waals surface area (Å²) in [5.74, 6) is 2.03. The highest BCUT2D eigenvalue weighted by atomic mass is 35.5. The van der Waals surface area contributed by atoms with Gasteiger partial charge >= 0.3 is 0 Å². The van der Waals surface area contributed by atoms with Gasteiger partial charge in [0.15, 0.2) is 10.8 Å². The molecular formula is C28H31ClN4OSi. The van der Waals surface area contributed by atoms with Gasteiger partial charge in [0.05, 0.1) is 6.33 Å². The summed E-state index contributed by atoms with van der Waals surface area (Å²) >= 11 is 6.22. The molecule has 0 bridgehead atoms. The van der Waals surface area contributed by atoms with Crippen LogP contribution < -0.4 is 10.4 Å². The van der Waals surface area contributed by atoms with E-state index in [1.165, 1.54) is 16.7 Å². The van der Waals surface area contributed by atoms with E-state index in [1.807, 2.05) is 6.33 Å². The van der Waals surface area contributed by atoms with E-state index >= 15 is 0 Å². The van der Waals surface area contributed by atoms with Crippen LogP contribution in [0.2, 0.25) is 10.2 Å². The highest BCUT2D eigenvalue weighted by Crippen LogP contribution is 2.61. The molecule has 5 nitrogen and oxygen atoms in total. The van der Waals surface area contributed by atoms with Crippen LogP contribution in [0.1, 0.15) is 39.7 Å². The smallest absolute Gasteiger partial charge is 0.261 e. The molecule has 0 spiro atoms. The average molecular weight is 503 g/mol. The number of fused-ring (bicyclic) bond motifs is 2. The zero-order valence-corrected chi connectivity index (χ0v) is 22.2. The molecule has 0 saturated heterocycles. The Kier molecular flexibility index (Phi) is 5.58. The van der Waals surface area contributed by atoms with Crippen molar-refractivity contribution in [2.24, 2.45) is 17.8 Å². The summed E-state index contributed by atoms with van der Waals surface area (Å²) in [4.78, 5) is 13.0. The average Bonchev–Trinajstić information content (AvgIpc) is 3.18. The van der Waals surface area contributed by atoms with E-state index in [-0.39, 0.29) is 5.04 Å². The fraction of sp³-hybridized carbons (Fsp3) is 0.393. The maximum atomic E-state index is 7.22. The van der Waals surface area contributed by atoms with Gasteiger partial charge in [-0.05, 0) is 46.0 Å². The number of aromatic nitrogens is 4. The molecule has 0 N–H and O–H groups in total. The van der Waals surface area contributed by atoms with E-state index in [0.29, 0.717) is 34.5 Å². The van der Waals surface area contributed by atoms with Crippen molar-refractivity contribution in [1.29, 1.82) is 0 Å². The van der Waals surface area contributed by atoms with Gasteiger partial charge in [0.2, 0.25) is 0 Å². The second-order valence-corrected chi connectivity index (χ2v) is 15.7. The third-order valence-corrected chi connectivity index (χ3v) is 13.5. The van der Waals surface area contributed by atoms with E-state index in [4.69, 9.17) is 16.0 Å². The van der Waals surface area contributed by atoms with Crippen molar-refractivity contribution >= 4 is 41.5 Å². The van der Waals surface area contributed by atoms with Gasteiger partial charge in [-0.3, -0.25) is 0 Å². The summed E-state index contributed by atoms with van der Waals surface area (Å²) in [5.41, 5.74) is 1.54. The number of hydrogen-bond acceptors (Lipinski definition) is 4. The van der Waals surface area contributed by atoms with E-state index in [2.05, 4.69) is 101 Å². The number of nitrogens with zero attached hydrogens (tertiary/aromatic N) is 4. The van der Waals surface area contributed by atoms with E-state index in [9.17, 15) is 0 Å². The summed E-state index contributed by atoms with van der Waals surface area (Å²) in [7, 11) is -2.48. The largest absolute Gasteiger partial charge is 0.407 e. The monoisotopic (exact) mass is 502 g/mol. The Bertz CT molecular complexity index is 1290. The van der Waals surface area contributed by atoms with Crippen molar-refractivity contribution in [2.45, 2.75) is 44.7 Å². The topological polar surface area (TPSA) is 52.8 Å². The van der Waals surface area contributed by atoms with Gasteiger partial charge in [-0.2, -0.15) is 0 Å². The van der Waals surface area contributed by atoms with Crippen LogP contribution in [0.4, 0.5) is 0 Å². The van der Waals surface area contributed by atoms with Crippen LogP contribution >= 0.6 is 11.6 Å². The molecule has 0 radical (unpaired) electrons. The minimum atomic E-state index is -2.48. The molecule has 2 aliphatic carbocycles. The minimum absolute atomic E-state index is 0.0109. The molecule has 2 unspecified atom stereocenters. The van der Waals surface area contributed by atoms with Crippen molar-refractivity contribution in [2.75, 3.05) is 6.61 Å². The van der Waals surface area contributed by atoms with Crippen LogP contribution in [0, 0.1) is 17.8 Å². The molecule has 6 rings (SSSR count). The molecule has 35 heavy (non-hydrogen) atoms. The Morgan fingerprint density at radius 3 is 2.09 bits per heavy atom. The number of imidazole rings is 1. The zero-order valence-electron chi connectivity index (χ0n) is 20.4. The van der Waals surface area contributed by atoms with Gasteiger partial charge in [-0.15, -0.1) is 0 Å². The van der Waals surface area contributed by atoms with Crippen LogP contribution in [0.15, 0.2) is 73.3 Å². The first-order valence-corrected chi connectivity index (χ1v) is 14.8. The molecule has 180 valence electrons. The molecule has 2 aromatic carbocycles. The van der Waals surface area contributed by atoms with Crippen molar-refractivity contribution < 1.29 is 4.43 Å². The van der Waals surface area contributed by atoms with Gasteiger partial charge in [0.25, 0.3) is 8.32 Å². The van der Waals surface area contributed by atoms with Crippen molar-refractivity contribution in [3.63, 3.8) is 0 Å². The summed E-state index contributed by atoms with van der Waals surface area (Å²) in [5, 5.41) is 3.14. The minimum Gasteiger partial charge on any atom is -0.407 e. The predicted octanol–water partition coefficient (Wildman–Crippen LogP) is 5.25. The summed E-state index contributed by atoms with van der Waals surface area (Å²) in [6, 6.07) is 22.3. The van der Waals surface area contributed by atoms with Gasteiger partial charge in [-0.1, -0.05) is 93.0 Å². The fourth-order valence-corrected chi connectivity index (χ4v) is 11.3. The molecule has 2 saturated carbocycles. The molecular weight excluding hydrogens is 472 g/mol. The van der Waals surface area contributed by atoms with Crippen LogP contribution in [0.3, 0.4) is 0 Å². The van der Waals surface area contributed by atoms with Gasteiger partial charge in [0, 0.05) is 12.6 Å². The number of hydrogen-bond donors (Lipinski definition) is 0. The van der Waals surface area contributed by atoms with Crippen molar-refractivity contribution in [1.82, 2.24) is 19.5 Å². The van der Waals surface area contributed by atoms with Crippen molar-refractivity contribution in [3.8, 4) is 0 Å². The fourth-order valence-electron chi connectivity index (χ4n) is 6.50. The first kappa shape index (κ1) is 22.9. The van der Waals surface area contributed by atoms with Gasteiger partial charge in [0.1, 0.15) is 11.8 Å². The standard InChI is InChI=1S/C28H31ClN4OSi/c1-28(2,3)35(20-10-6-4-7-11-20,21-12-8-5-9-13-21)34-16-24-22-14-19(15-23(22)24)33-18-32-25-26(29)30-17-31-27(25)33/h4-13,17-19,22-24H,14-16H2,1-3H3/t19?,22-,23+,24?. The highest BCUT2D eigenvalue weighted by molar-refractivity contribution is 6.99. The lowest BCUT2D eigenvalue weighted by Crippen LogP contribution is -2.66. The molecule has 4 atom stereocenters. The molecule has 2 aliphatic rings. The van der Waals surface area contributed by atoms with Crippen LogP contribution in [0.5, 0.6) is 0 Å². The molecule has 2 aromatic heterocycles. The number of benzene rings is 2. The first-order chi connectivity index (χ1) is 16.9. The molecule has 2 fully saturated rings. The lowest BCUT2D eigenvalue weighted by atomic mass is 10.1. The summed E-state index contributed by atoms with van der Waals surface area (Å²) in [6.45, 7) is 7.87. The number of rotatable bonds is 6. The molecule has 0 aliphatic heterocycles. The Balaban J connectivity index is 1.23. The van der Waals surface area contributed by atoms with Crippen LogP contribution in [-0.2, 0) is 4.43 Å². The van der Waals surface area contributed by atoms with Crippen LogP contribution in [-0.4, -0.2) is 34.4 Å². The zero-order chi connectivity index (χ0) is 24.2. The van der Waals surface area contributed by atoms with Crippen molar-refractivity contribution in [3.05, 3.63) is 78.5 Å². The Labute approximate surface area is 212 Å². The maximum Gasteiger partial charge on any atom is 0.261 e. The van der Waals surface area contributed by atoms with Gasteiger partial charge < -0.3 is 8.99 Å². The van der Waals surface area contributed by atoms with Crippen LogP contribution in [0.25, 0.3) is 11.2 Å². The number of halogens is 1. The predicted molar refractivity (Wildman–Crippen MR) is 143 cm³/mol.